The van der Waals surface area contributed by atoms with Gasteiger partial charge in [-0.3, -0.25) is 4.79 Å². The Bertz CT molecular complexity index is 1020. The van der Waals surface area contributed by atoms with Gasteiger partial charge in [-0.15, -0.1) is 0 Å². The van der Waals surface area contributed by atoms with Gasteiger partial charge in [-0.05, 0) is 62.0 Å². The molecule has 1 aliphatic heterocycles. The second kappa shape index (κ2) is 14.3. The summed E-state index contributed by atoms with van der Waals surface area (Å²) in [5.41, 5.74) is 3.13. The number of carbonyl (C=O) groups is 1. The van der Waals surface area contributed by atoms with Crippen LogP contribution in [0.1, 0.15) is 56.7 Å². The smallest absolute Gasteiger partial charge is 0.225 e. The van der Waals surface area contributed by atoms with Gasteiger partial charge in [0.15, 0.2) is 6.29 Å². The Morgan fingerprint density at radius 3 is 2.33 bits per heavy atom. The lowest BCUT2D eigenvalue weighted by atomic mass is 9.67. The maximum Gasteiger partial charge on any atom is 0.225 e. The van der Waals surface area contributed by atoms with Crippen LogP contribution in [0.2, 0.25) is 0 Å². The second-order valence-electron chi connectivity index (χ2n) is 12.0. The minimum absolute atomic E-state index is 0.0306. The molecule has 0 aliphatic carbocycles. The molecule has 0 atom stereocenters. The van der Waals surface area contributed by atoms with Crippen molar-refractivity contribution in [2.45, 2.75) is 58.2 Å². The Morgan fingerprint density at radius 1 is 1.05 bits per heavy atom. The van der Waals surface area contributed by atoms with Crippen LogP contribution in [0.25, 0.3) is 0 Å². The van der Waals surface area contributed by atoms with Gasteiger partial charge < -0.3 is 29.1 Å². The van der Waals surface area contributed by atoms with E-state index in [-0.39, 0.29) is 16.7 Å². The van der Waals surface area contributed by atoms with Crippen molar-refractivity contribution in [1.82, 2.24) is 9.80 Å². The van der Waals surface area contributed by atoms with E-state index in [0.29, 0.717) is 44.9 Å². The SMILES string of the molecule is COC(CN(CC(C)(C)C)C(=O)CCOCCc1ccc(O)c(C2(c3ccccc3)CCN(C)CC2)c1)OC. The third-order valence-electron chi connectivity index (χ3n) is 7.65. The Labute approximate surface area is 235 Å². The summed E-state index contributed by atoms with van der Waals surface area (Å²) < 4.78 is 16.5. The van der Waals surface area contributed by atoms with E-state index in [1.165, 1.54) is 5.56 Å². The van der Waals surface area contributed by atoms with E-state index in [2.05, 4.69) is 63.1 Å². The number of hydrogen-bond acceptors (Lipinski definition) is 6. The summed E-state index contributed by atoms with van der Waals surface area (Å²) in [6, 6.07) is 16.5. The average Bonchev–Trinajstić information content (AvgIpc) is 2.92. The summed E-state index contributed by atoms with van der Waals surface area (Å²) in [6.07, 6.45) is 2.49. The molecule has 1 amide bonds. The lowest BCUT2D eigenvalue weighted by molar-refractivity contribution is -0.148. The van der Waals surface area contributed by atoms with Crippen molar-refractivity contribution in [3.8, 4) is 5.75 Å². The molecule has 2 aromatic carbocycles. The summed E-state index contributed by atoms with van der Waals surface area (Å²) in [6.45, 7) is 10.2. The molecular formula is C32H48N2O5. The Hall–Kier alpha value is -2.45. The summed E-state index contributed by atoms with van der Waals surface area (Å²) in [7, 11) is 5.32. The van der Waals surface area contributed by atoms with Crippen LogP contribution in [0, 0.1) is 5.41 Å². The van der Waals surface area contributed by atoms with Gasteiger partial charge in [0.2, 0.25) is 5.91 Å². The fraction of sp³-hybridized carbons (Fsp3) is 0.594. The fourth-order valence-corrected chi connectivity index (χ4v) is 5.45. The molecule has 7 nitrogen and oxygen atoms in total. The highest BCUT2D eigenvalue weighted by atomic mass is 16.7. The molecule has 1 N–H and O–H groups in total. The van der Waals surface area contributed by atoms with Crippen molar-refractivity contribution < 1.29 is 24.1 Å². The van der Waals surface area contributed by atoms with Crippen LogP contribution in [0.15, 0.2) is 48.5 Å². The first-order chi connectivity index (χ1) is 18.6. The van der Waals surface area contributed by atoms with Crippen LogP contribution < -0.4 is 0 Å². The molecule has 0 aromatic heterocycles. The number of rotatable bonds is 13. The normalized spacial score (nSPS) is 16.0. The van der Waals surface area contributed by atoms with Crippen molar-refractivity contribution in [3.63, 3.8) is 0 Å². The van der Waals surface area contributed by atoms with Crippen molar-refractivity contribution in [2.75, 3.05) is 60.7 Å². The Morgan fingerprint density at radius 2 is 1.72 bits per heavy atom. The van der Waals surface area contributed by atoms with Crippen molar-refractivity contribution in [2.24, 2.45) is 5.41 Å². The maximum absolute atomic E-state index is 13.0. The third-order valence-corrected chi connectivity index (χ3v) is 7.65. The lowest BCUT2D eigenvalue weighted by Crippen LogP contribution is -2.43. The molecule has 0 unspecified atom stereocenters. The van der Waals surface area contributed by atoms with Gasteiger partial charge >= 0.3 is 0 Å². The van der Waals surface area contributed by atoms with Crippen LogP contribution in [0.3, 0.4) is 0 Å². The van der Waals surface area contributed by atoms with Gasteiger partial charge in [0, 0.05) is 31.7 Å². The van der Waals surface area contributed by atoms with E-state index in [1.54, 1.807) is 19.1 Å². The number of aromatic hydroxyl groups is 1. The van der Waals surface area contributed by atoms with E-state index in [9.17, 15) is 9.90 Å². The van der Waals surface area contributed by atoms with Crippen LogP contribution in [0.4, 0.5) is 0 Å². The van der Waals surface area contributed by atoms with Gasteiger partial charge in [-0.25, -0.2) is 0 Å². The molecular weight excluding hydrogens is 492 g/mol. The topological polar surface area (TPSA) is 71.5 Å². The monoisotopic (exact) mass is 540 g/mol. The number of phenols is 1. The average molecular weight is 541 g/mol. The van der Waals surface area contributed by atoms with Crippen LogP contribution >= 0.6 is 0 Å². The number of hydrogen-bond donors (Lipinski definition) is 1. The van der Waals surface area contributed by atoms with Crippen LogP contribution in [-0.4, -0.2) is 87.8 Å². The van der Waals surface area contributed by atoms with Crippen LogP contribution in [-0.2, 0) is 30.8 Å². The molecule has 1 fully saturated rings. The number of carbonyl (C=O) groups excluding carboxylic acids is 1. The zero-order valence-corrected chi connectivity index (χ0v) is 24.7. The van der Waals surface area contributed by atoms with Gasteiger partial charge in [0.25, 0.3) is 0 Å². The summed E-state index contributed by atoms with van der Waals surface area (Å²) in [5.74, 6) is 0.381. The summed E-state index contributed by atoms with van der Waals surface area (Å²) in [5, 5.41) is 11.0. The predicted molar refractivity (Wildman–Crippen MR) is 155 cm³/mol. The zero-order chi connectivity index (χ0) is 28.5. The van der Waals surface area contributed by atoms with Crippen molar-refractivity contribution in [1.29, 1.82) is 0 Å². The molecule has 7 heteroatoms. The first-order valence-electron chi connectivity index (χ1n) is 14.1. The zero-order valence-electron chi connectivity index (χ0n) is 24.7. The molecule has 1 aliphatic rings. The first-order valence-corrected chi connectivity index (χ1v) is 14.1. The highest BCUT2D eigenvalue weighted by Crippen LogP contribution is 2.45. The lowest BCUT2D eigenvalue weighted by Gasteiger charge is -2.42. The number of likely N-dealkylation sites (tertiary alicyclic amines) is 1. The third kappa shape index (κ3) is 8.77. The molecule has 39 heavy (non-hydrogen) atoms. The standard InChI is InChI=1S/C32H48N2O5/c1-31(2,3)24-34(23-30(37-5)38-6)29(36)15-21-39-20-14-25-12-13-28(35)27(22-25)32(16-18-33(4)19-17-32)26-10-8-7-9-11-26/h7-13,22,30,35H,14-21,23-24H2,1-6H3. The molecule has 0 saturated carbocycles. The Kier molecular flexibility index (Phi) is 11.4. The first kappa shape index (κ1) is 31.1. The number of phenolic OH excluding ortho intramolecular Hbond substituents is 1. The summed E-state index contributed by atoms with van der Waals surface area (Å²) in [4.78, 5) is 17.1. The number of amides is 1. The minimum Gasteiger partial charge on any atom is -0.508 e. The highest BCUT2D eigenvalue weighted by Gasteiger charge is 2.39. The molecule has 216 valence electrons. The van der Waals surface area contributed by atoms with Gasteiger partial charge in [-0.2, -0.15) is 0 Å². The number of nitrogens with zero attached hydrogens (tertiary/aromatic N) is 2. The predicted octanol–water partition coefficient (Wildman–Crippen LogP) is 4.85. The largest absolute Gasteiger partial charge is 0.508 e. The van der Waals surface area contributed by atoms with Crippen LogP contribution in [0.5, 0.6) is 5.75 Å². The van der Waals surface area contributed by atoms with E-state index in [1.807, 2.05) is 18.2 Å². The van der Waals surface area contributed by atoms with Gasteiger partial charge in [-0.1, -0.05) is 63.2 Å². The number of benzene rings is 2. The highest BCUT2D eigenvalue weighted by molar-refractivity contribution is 5.76. The van der Waals surface area contributed by atoms with E-state index >= 15 is 0 Å². The van der Waals surface area contributed by atoms with Crippen molar-refractivity contribution in [3.05, 3.63) is 65.2 Å². The molecule has 0 spiro atoms. The molecule has 0 radical (unpaired) electrons. The molecule has 1 heterocycles. The minimum atomic E-state index is -0.454. The molecule has 1 saturated heterocycles. The number of methoxy groups -OCH3 is 2. The Balaban J connectivity index is 1.61. The number of ether oxygens (including phenoxy) is 3. The quantitative estimate of drug-likeness (QED) is 0.289. The molecule has 3 rings (SSSR count). The molecule has 0 bridgehead atoms. The maximum atomic E-state index is 13.0. The van der Waals surface area contributed by atoms with E-state index in [0.717, 1.165) is 37.1 Å². The van der Waals surface area contributed by atoms with Gasteiger partial charge in [0.05, 0.1) is 26.2 Å². The molecule has 2 aromatic rings. The van der Waals surface area contributed by atoms with E-state index in [4.69, 9.17) is 14.2 Å². The second-order valence-corrected chi connectivity index (χ2v) is 12.0. The number of piperidine rings is 1. The fourth-order valence-electron chi connectivity index (χ4n) is 5.45. The summed E-state index contributed by atoms with van der Waals surface area (Å²) >= 11 is 0. The van der Waals surface area contributed by atoms with Gasteiger partial charge in [0.1, 0.15) is 5.75 Å². The van der Waals surface area contributed by atoms with E-state index < -0.39 is 6.29 Å². The van der Waals surface area contributed by atoms with Crippen molar-refractivity contribution >= 4 is 5.91 Å².